The number of rotatable bonds is 3. The van der Waals surface area contributed by atoms with E-state index in [4.69, 9.17) is 11.6 Å². The largest absolute Gasteiger partial charge is 0.317 e. The molecule has 1 aromatic heterocycles. The average Bonchev–Trinajstić information content (AvgIpc) is 2.59. The molecule has 1 aliphatic heterocycles. The van der Waals surface area contributed by atoms with E-state index in [1.165, 1.54) is 6.07 Å². The molecule has 2 heterocycles. The third-order valence-corrected chi connectivity index (χ3v) is 7.56. The lowest BCUT2D eigenvalue weighted by Crippen LogP contribution is -2.52. The zero-order valence-corrected chi connectivity index (χ0v) is 13.8. The summed E-state index contributed by atoms with van der Waals surface area (Å²) in [6.07, 6.45) is 1.57. The van der Waals surface area contributed by atoms with Crippen molar-refractivity contribution in [2.75, 3.05) is 13.1 Å². The number of halogens is 2. The number of thiophene rings is 1. The molecule has 0 aromatic carbocycles. The van der Waals surface area contributed by atoms with Crippen molar-refractivity contribution in [3.8, 4) is 0 Å². The normalized spacial score (nSPS) is 19.9. The maximum absolute atomic E-state index is 12.3. The second kappa shape index (κ2) is 5.38. The maximum atomic E-state index is 12.3. The van der Waals surface area contributed by atoms with Crippen LogP contribution < -0.4 is 10.0 Å². The first-order chi connectivity index (χ1) is 8.32. The molecule has 4 nitrogen and oxygen atoms in total. The van der Waals surface area contributed by atoms with Crippen molar-refractivity contribution in [3.05, 3.63) is 14.9 Å². The van der Waals surface area contributed by atoms with Crippen molar-refractivity contribution in [1.29, 1.82) is 0 Å². The fourth-order valence-electron chi connectivity index (χ4n) is 1.91. The Hall–Kier alpha value is 0.340. The van der Waals surface area contributed by atoms with Gasteiger partial charge in [0.2, 0.25) is 0 Å². The second-order valence-corrected chi connectivity index (χ2v) is 9.29. The summed E-state index contributed by atoms with van der Waals surface area (Å²) in [5, 5.41) is 3.64. The van der Waals surface area contributed by atoms with Crippen molar-refractivity contribution < 1.29 is 8.42 Å². The number of hydrogen-bond acceptors (Lipinski definition) is 4. The molecule has 0 amide bonds. The molecule has 2 N–H and O–H groups in total. The minimum absolute atomic E-state index is 0.249. The molecule has 18 heavy (non-hydrogen) atoms. The lowest BCUT2D eigenvalue weighted by molar-refractivity contribution is 0.308. The van der Waals surface area contributed by atoms with Crippen LogP contribution in [0.3, 0.4) is 0 Å². The van der Waals surface area contributed by atoms with Crippen molar-refractivity contribution in [1.82, 2.24) is 10.0 Å². The Labute approximate surface area is 124 Å². The first kappa shape index (κ1) is 14.7. The van der Waals surface area contributed by atoms with Gasteiger partial charge in [0.1, 0.15) is 4.21 Å². The first-order valence-corrected chi connectivity index (χ1v) is 8.99. The third-order valence-electron chi connectivity index (χ3n) is 2.98. The van der Waals surface area contributed by atoms with Gasteiger partial charge in [0, 0.05) is 5.54 Å². The van der Waals surface area contributed by atoms with Gasteiger partial charge >= 0.3 is 0 Å². The molecule has 0 radical (unpaired) electrons. The Morgan fingerprint density at radius 3 is 2.61 bits per heavy atom. The lowest BCUT2D eigenvalue weighted by atomic mass is 9.92. The molecule has 8 heteroatoms. The molecule has 102 valence electrons. The Balaban J connectivity index is 2.21. The SMILES string of the molecule is CC1(NS(=O)(=O)c2cc(Cl)c(Br)s2)CCNCC1. The molecule has 0 aliphatic carbocycles. The highest BCUT2D eigenvalue weighted by molar-refractivity contribution is 9.11. The van der Waals surface area contributed by atoms with E-state index in [9.17, 15) is 8.42 Å². The summed E-state index contributed by atoms with van der Waals surface area (Å²) in [5.74, 6) is 0. The molecule has 0 atom stereocenters. The van der Waals surface area contributed by atoms with E-state index in [-0.39, 0.29) is 9.75 Å². The second-order valence-electron chi connectivity index (χ2n) is 4.60. The highest BCUT2D eigenvalue weighted by Crippen LogP contribution is 2.35. The van der Waals surface area contributed by atoms with Crippen molar-refractivity contribution in [2.45, 2.75) is 29.5 Å². The van der Waals surface area contributed by atoms with E-state index in [1.807, 2.05) is 6.92 Å². The predicted octanol–water partition coefficient (Wildman–Crippen LogP) is 2.58. The van der Waals surface area contributed by atoms with Gasteiger partial charge in [-0.15, -0.1) is 11.3 Å². The van der Waals surface area contributed by atoms with Crippen molar-refractivity contribution >= 4 is 48.9 Å². The Morgan fingerprint density at radius 1 is 1.50 bits per heavy atom. The van der Waals surface area contributed by atoms with Crippen LogP contribution >= 0.6 is 38.9 Å². The first-order valence-electron chi connectivity index (χ1n) is 5.52. The summed E-state index contributed by atoms with van der Waals surface area (Å²) >= 11 is 10.2. The standard InChI is InChI=1S/C10H14BrClN2O2S2/c1-10(2-4-13-5-3-10)14-18(15,16)8-6-7(12)9(11)17-8/h6,13-14H,2-5H2,1H3. The number of sulfonamides is 1. The van der Waals surface area contributed by atoms with E-state index >= 15 is 0 Å². The van der Waals surface area contributed by atoms with Crippen LogP contribution in [0.15, 0.2) is 14.1 Å². The Kier molecular flexibility index (Phi) is 4.40. The molecule has 1 saturated heterocycles. The van der Waals surface area contributed by atoms with Gasteiger partial charge in [-0.2, -0.15) is 0 Å². The molecule has 0 bridgehead atoms. The van der Waals surface area contributed by atoms with Crippen LogP contribution in [0.1, 0.15) is 19.8 Å². The zero-order chi connectivity index (χ0) is 13.4. The minimum atomic E-state index is -3.49. The fourth-order valence-corrected chi connectivity index (χ4v) is 5.78. The van der Waals surface area contributed by atoms with Gasteiger partial charge in [0.05, 0.1) is 8.81 Å². The maximum Gasteiger partial charge on any atom is 0.250 e. The van der Waals surface area contributed by atoms with Crippen LogP contribution in [0.2, 0.25) is 5.02 Å². The summed E-state index contributed by atoms with van der Waals surface area (Å²) in [6, 6.07) is 1.48. The van der Waals surface area contributed by atoms with Crippen molar-refractivity contribution in [3.63, 3.8) is 0 Å². The fraction of sp³-hybridized carbons (Fsp3) is 0.600. The quantitative estimate of drug-likeness (QED) is 0.856. The monoisotopic (exact) mass is 372 g/mol. The van der Waals surface area contributed by atoms with Crippen LogP contribution in [0, 0.1) is 0 Å². The summed E-state index contributed by atoms with van der Waals surface area (Å²) < 4.78 is 28.2. The summed E-state index contributed by atoms with van der Waals surface area (Å²) in [6.45, 7) is 3.59. The van der Waals surface area contributed by atoms with Crippen LogP contribution in [-0.4, -0.2) is 27.0 Å². The smallest absolute Gasteiger partial charge is 0.250 e. The third kappa shape index (κ3) is 3.26. The van der Waals surface area contributed by atoms with Crippen LogP contribution in [-0.2, 0) is 10.0 Å². The molecule has 1 aliphatic rings. The number of hydrogen-bond donors (Lipinski definition) is 2. The molecule has 0 saturated carbocycles. The van der Waals surface area contributed by atoms with E-state index in [1.54, 1.807) is 0 Å². The lowest BCUT2D eigenvalue weighted by Gasteiger charge is -2.34. The van der Waals surface area contributed by atoms with Gasteiger partial charge in [0.15, 0.2) is 0 Å². The highest BCUT2D eigenvalue weighted by Gasteiger charge is 2.33. The van der Waals surface area contributed by atoms with Crippen LogP contribution in [0.25, 0.3) is 0 Å². The van der Waals surface area contributed by atoms with Gasteiger partial charge in [-0.25, -0.2) is 13.1 Å². The molecule has 1 aromatic rings. The molecular weight excluding hydrogens is 360 g/mol. The van der Waals surface area contributed by atoms with Gasteiger partial charge in [-0.3, -0.25) is 0 Å². The summed E-state index contributed by atoms with van der Waals surface area (Å²) in [5.41, 5.74) is -0.382. The highest BCUT2D eigenvalue weighted by atomic mass is 79.9. The summed E-state index contributed by atoms with van der Waals surface area (Å²) in [7, 11) is -3.49. The minimum Gasteiger partial charge on any atom is -0.317 e. The van der Waals surface area contributed by atoms with Gasteiger partial charge < -0.3 is 5.32 Å². The number of piperidine rings is 1. The zero-order valence-electron chi connectivity index (χ0n) is 9.79. The van der Waals surface area contributed by atoms with E-state index in [0.29, 0.717) is 8.81 Å². The summed E-state index contributed by atoms with van der Waals surface area (Å²) in [4.78, 5) is 0. The van der Waals surface area contributed by atoms with Gasteiger partial charge in [0.25, 0.3) is 10.0 Å². The van der Waals surface area contributed by atoms with Gasteiger partial charge in [-0.1, -0.05) is 11.6 Å². The molecule has 2 rings (SSSR count). The van der Waals surface area contributed by atoms with Crippen LogP contribution in [0.5, 0.6) is 0 Å². The Morgan fingerprint density at radius 2 is 2.11 bits per heavy atom. The molecule has 0 unspecified atom stereocenters. The van der Waals surface area contributed by atoms with E-state index < -0.39 is 10.0 Å². The Bertz CT molecular complexity index is 519. The average molecular weight is 374 g/mol. The van der Waals surface area contributed by atoms with Crippen LogP contribution in [0.4, 0.5) is 0 Å². The number of nitrogens with one attached hydrogen (secondary N) is 2. The predicted molar refractivity (Wildman–Crippen MR) is 77.9 cm³/mol. The van der Waals surface area contributed by atoms with Crippen molar-refractivity contribution in [2.24, 2.45) is 0 Å². The van der Waals surface area contributed by atoms with E-state index in [0.717, 1.165) is 37.3 Å². The van der Waals surface area contributed by atoms with Gasteiger partial charge in [-0.05, 0) is 54.9 Å². The molecule has 0 spiro atoms. The topological polar surface area (TPSA) is 58.2 Å². The molecular formula is C10H14BrClN2O2S2. The van der Waals surface area contributed by atoms with E-state index in [2.05, 4.69) is 26.0 Å². The molecule has 1 fully saturated rings.